The van der Waals surface area contributed by atoms with Crippen LogP contribution in [0.3, 0.4) is 0 Å². The van der Waals surface area contributed by atoms with Crippen molar-refractivity contribution < 1.29 is 18.8 Å². The van der Waals surface area contributed by atoms with E-state index in [9.17, 15) is 9.59 Å². The minimum Gasteiger partial charge on any atom is -0.484 e. The molecule has 1 aromatic carbocycles. The Balaban J connectivity index is 1.62. The van der Waals surface area contributed by atoms with Crippen LogP contribution in [0.15, 0.2) is 34.9 Å². The molecule has 0 saturated heterocycles. The molecule has 0 aliphatic heterocycles. The van der Waals surface area contributed by atoms with Crippen molar-refractivity contribution in [3.63, 3.8) is 0 Å². The lowest BCUT2D eigenvalue weighted by Gasteiger charge is -2.33. The molecule has 3 rings (SSSR count). The number of hydrogen-bond acceptors (Lipinski definition) is 5. The van der Waals surface area contributed by atoms with Crippen LogP contribution < -0.4 is 10.1 Å². The lowest BCUT2D eigenvalue weighted by atomic mass is 9.94. The third kappa shape index (κ3) is 5.73. The fraction of sp³-hybridized carbons (Fsp3) is 0.450. The molecule has 0 radical (unpaired) electrons. The zero-order valence-corrected chi connectivity index (χ0v) is 16.6. The van der Waals surface area contributed by atoms with Crippen molar-refractivity contribution in [2.75, 3.05) is 18.5 Å². The lowest BCUT2D eigenvalue weighted by molar-refractivity contribution is -0.139. The van der Waals surface area contributed by atoms with Crippen LogP contribution >= 0.6 is 11.6 Å². The smallest absolute Gasteiger partial charge is 0.261 e. The van der Waals surface area contributed by atoms with Gasteiger partial charge in [0.2, 0.25) is 5.91 Å². The number of benzene rings is 1. The molecule has 7 nitrogen and oxygen atoms in total. The van der Waals surface area contributed by atoms with Crippen LogP contribution in [0.25, 0.3) is 0 Å². The summed E-state index contributed by atoms with van der Waals surface area (Å²) in [7, 11) is 0. The first-order valence-electron chi connectivity index (χ1n) is 9.42. The van der Waals surface area contributed by atoms with Gasteiger partial charge in [0.1, 0.15) is 18.1 Å². The van der Waals surface area contributed by atoms with E-state index in [4.69, 9.17) is 20.9 Å². The molecule has 1 aliphatic rings. The Kier molecular flexibility index (Phi) is 6.92. The maximum atomic E-state index is 12.8. The third-order valence-corrected chi connectivity index (χ3v) is 4.97. The Morgan fingerprint density at radius 3 is 2.61 bits per heavy atom. The van der Waals surface area contributed by atoms with Gasteiger partial charge in [-0.05, 0) is 44.0 Å². The lowest BCUT2D eigenvalue weighted by Crippen LogP contribution is -2.47. The molecule has 1 saturated carbocycles. The van der Waals surface area contributed by atoms with Gasteiger partial charge in [0.15, 0.2) is 12.4 Å². The summed E-state index contributed by atoms with van der Waals surface area (Å²) in [5.41, 5.74) is 0. The highest BCUT2D eigenvalue weighted by atomic mass is 35.5. The van der Waals surface area contributed by atoms with Crippen LogP contribution in [0, 0.1) is 6.92 Å². The minimum absolute atomic E-state index is 0.0415. The first-order chi connectivity index (χ1) is 13.5. The third-order valence-electron chi connectivity index (χ3n) is 4.72. The summed E-state index contributed by atoms with van der Waals surface area (Å²) in [4.78, 5) is 26.9. The van der Waals surface area contributed by atoms with Crippen LogP contribution in [0.5, 0.6) is 5.75 Å². The van der Waals surface area contributed by atoms with Gasteiger partial charge in [0, 0.05) is 17.1 Å². The van der Waals surface area contributed by atoms with Gasteiger partial charge >= 0.3 is 0 Å². The number of aromatic nitrogens is 1. The number of anilines is 1. The van der Waals surface area contributed by atoms with Gasteiger partial charge < -0.3 is 19.5 Å². The van der Waals surface area contributed by atoms with E-state index in [-0.39, 0.29) is 31.0 Å². The summed E-state index contributed by atoms with van der Waals surface area (Å²) in [6, 6.07) is 8.50. The van der Waals surface area contributed by atoms with Gasteiger partial charge in [0.25, 0.3) is 5.91 Å². The molecule has 0 unspecified atom stereocenters. The van der Waals surface area contributed by atoms with Gasteiger partial charge in [-0.25, -0.2) is 0 Å². The molecule has 28 heavy (non-hydrogen) atoms. The van der Waals surface area contributed by atoms with E-state index >= 15 is 0 Å². The molecule has 0 bridgehead atoms. The number of ether oxygens (including phenoxy) is 1. The normalized spacial score (nSPS) is 14.5. The summed E-state index contributed by atoms with van der Waals surface area (Å²) < 4.78 is 10.5. The average molecular weight is 406 g/mol. The average Bonchev–Trinajstić information content (AvgIpc) is 3.10. The summed E-state index contributed by atoms with van der Waals surface area (Å²) in [5.74, 6) is 0.985. The van der Waals surface area contributed by atoms with Gasteiger partial charge in [-0.2, -0.15) is 0 Å². The minimum atomic E-state index is -0.307. The number of aryl methyl sites for hydroxylation is 1. The van der Waals surface area contributed by atoms with Crippen molar-refractivity contribution in [2.24, 2.45) is 0 Å². The molecule has 2 amide bonds. The number of carbonyl (C=O) groups excluding carboxylic acids is 2. The molecule has 0 atom stereocenters. The van der Waals surface area contributed by atoms with E-state index in [0.717, 1.165) is 32.1 Å². The Hall–Kier alpha value is -2.54. The number of rotatable bonds is 7. The van der Waals surface area contributed by atoms with Crippen LogP contribution in [-0.4, -0.2) is 41.1 Å². The summed E-state index contributed by atoms with van der Waals surface area (Å²) in [6.07, 6.45) is 5.05. The van der Waals surface area contributed by atoms with Gasteiger partial charge in [-0.3, -0.25) is 9.59 Å². The number of hydrogen-bond donors (Lipinski definition) is 1. The fourth-order valence-electron chi connectivity index (χ4n) is 3.33. The molecule has 1 aromatic heterocycles. The monoisotopic (exact) mass is 405 g/mol. The highest BCUT2D eigenvalue weighted by Crippen LogP contribution is 2.23. The second-order valence-electron chi connectivity index (χ2n) is 6.93. The van der Waals surface area contributed by atoms with Gasteiger partial charge in [0.05, 0.1) is 0 Å². The second kappa shape index (κ2) is 9.59. The molecule has 1 fully saturated rings. The molecule has 0 spiro atoms. The molecular formula is C20H24ClN3O4. The maximum Gasteiger partial charge on any atom is 0.261 e. The zero-order chi connectivity index (χ0) is 19.9. The van der Waals surface area contributed by atoms with Crippen molar-refractivity contribution in [2.45, 2.75) is 45.1 Å². The van der Waals surface area contributed by atoms with Crippen molar-refractivity contribution in [3.05, 3.63) is 41.1 Å². The summed E-state index contributed by atoms with van der Waals surface area (Å²) in [5, 5.41) is 7.03. The molecule has 150 valence electrons. The Labute approximate surface area is 169 Å². The number of nitrogens with one attached hydrogen (secondary N) is 1. The molecular weight excluding hydrogens is 382 g/mol. The van der Waals surface area contributed by atoms with Crippen molar-refractivity contribution >= 4 is 29.2 Å². The van der Waals surface area contributed by atoms with Crippen molar-refractivity contribution in [1.82, 2.24) is 10.1 Å². The van der Waals surface area contributed by atoms with E-state index in [1.165, 1.54) is 0 Å². The van der Waals surface area contributed by atoms with Gasteiger partial charge in [-0.1, -0.05) is 36.0 Å². The molecule has 8 heteroatoms. The Bertz CT molecular complexity index is 800. The van der Waals surface area contributed by atoms with Crippen molar-refractivity contribution in [3.8, 4) is 5.75 Å². The number of halogens is 1. The van der Waals surface area contributed by atoms with Crippen LogP contribution in [0.1, 0.15) is 37.9 Å². The maximum absolute atomic E-state index is 12.8. The van der Waals surface area contributed by atoms with Crippen LogP contribution in [-0.2, 0) is 9.59 Å². The number of carbonyl (C=O) groups is 2. The predicted octanol–water partition coefficient (Wildman–Crippen LogP) is 3.82. The zero-order valence-electron chi connectivity index (χ0n) is 15.8. The quantitative estimate of drug-likeness (QED) is 0.757. The first kappa shape index (κ1) is 20.2. The van der Waals surface area contributed by atoms with E-state index in [1.54, 1.807) is 42.2 Å². The Morgan fingerprint density at radius 2 is 1.96 bits per heavy atom. The molecule has 1 aliphatic carbocycles. The Morgan fingerprint density at radius 1 is 1.25 bits per heavy atom. The topological polar surface area (TPSA) is 84.7 Å². The van der Waals surface area contributed by atoms with E-state index in [1.807, 2.05) is 0 Å². The fourth-order valence-corrected chi connectivity index (χ4v) is 3.46. The SMILES string of the molecule is Cc1cc(NC(=O)CN(C(=O)COc2ccc(Cl)cc2)C2CCCCC2)no1. The van der Waals surface area contributed by atoms with Crippen molar-refractivity contribution in [1.29, 1.82) is 0 Å². The molecule has 2 aromatic rings. The standard InChI is InChI=1S/C20H24ClN3O4/c1-14-11-18(23-28-14)22-19(25)12-24(16-5-3-2-4-6-16)20(26)13-27-17-9-7-15(21)8-10-17/h7-11,16H,2-6,12-13H2,1H3,(H,22,23,25). The summed E-state index contributed by atoms with van der Waals surface area (Å²) in [6.45, 7) is 1.57. The largest absolute Gasteiger partial charge is 0.484 e. The number of nitrogens with zero attached hydrogens (tertiary/aromatic N) is 2. The molecule has 1 heterocycles. The summed E-state index contributed by atoms with van der Waals surface area (Å²) >= 11 is 5.86. The predicted molar refractivity (Wildman–Crippen MR) is 105 cm³/mol. The molecule has 1 N–H and O–H groups in total. The van der Waals surface area contributed by atoms with E-state index < -0.39 is 0 Å². The second-order valence-corrected chi connectivity index (χ2v) is 7.36. The highest BCUT2D eigenvalue weighted by molar-refractivity contribution is 6.30. The van der Waals surface area contributed by atoms with Gasteiger partial charge in [-0.15, -0.1) is 0 Å². The van der Waals surface area contributed by atoms with E-state index in [0.29, 0.717) is 22.4 Å². The first-order valence-corrected chi connectivity index (χ1v) is 9.80. The number of amides is 2. The van der Waals surface area contributed by atoms with Crippen LogP contribution in [0.2, 0.25) is 5.02 Å². The highest BCUT2D eigenvalue weighted by Gasteiger charge is 2.28. The van der Waals surface area contributed by atoms with E-state index in [2.05, 4.69) is 10.5 Å². The van der Waals surface area contributed by atoms with Crippen LogP contribution in [0.4, 0.5) is 5.82 Å².